The number of carboxylic acids is 1. The first-order chi connectivity index (χ1) is 9.15. The van der Waals surface area contributed by atoms with Crippen molar-refractivity contribution in [2.24, 2.45) is 5.10 Å². The highest BCUT2D eigenvalue weighted by Crippen LogP contribution is 2.09. The molecule has 0 heterocycles. The van der Waals surface area contributed by atoms with Crippen LogP contribution in [0.3, 0.4) is 0 Å². The van der Waals surface area contributed by atoms with Crippen LogP contribution in [0, 0.1) is 6.92 Å². The highest BCUT2D eigenvalue weighted by Gasteiger charge is 1.93. The first kappa shape index (κ1) is 12.8. The molecule has 0 unspecified atom stereocenters. The standard InChI is InChI=1S/C15H14N2O2/c1-11-2-4-12(5-3-11)10-16-17-14-8-6-13(7-9-14)15(18)19/h2-10,17H,1H3,(H,18,19)/p-1/b16-10-. The predicted octanol–water partition coefficient (Wildman–Crippen LogP) is 1.80. The SMILES string of the molecule is Cc1ccc(/C=N\Nc2ccc(C(=O)[O-])cc2)cc1. The fourth-order valence-electron chi connectivity index (χ4n) is 1.51. The number of nitrogens with zero attached hydrogens (tertiary/aromatic N) is 1. The smallest absolute Gasteiger partial charge is 0.0715 e. The third-order valence-electron chi connectivity index (χ3n) is 2.61. The molecular formula is C15H13N2O2-. The summed E-state index contributed by atoms with van der Waals surface area (Å²) in [5.41, 5.74) is 5.88. The molecule has 0 amide bonds. The summed E-state index contributed by atoms with van der Waals surface area (Å²) in [6.07, 6.45) is 1.70. The Morgan fingerprint density at radius 2 is 1.74 bits per heavy atom. The number of anilines is 1. The third-order valence-corrected chi connectivity index (χ3v) is 2.61. The molecule has 0 saturated heterocycles. The number of carboxylic acid groups (broad SMARTS) is 1. The quantitative estimate of drug-likeness (QED) is 0.667. The molecule has 0 radical (unpaired) electrons. The monoisotopic (exact) mass is 253 g/mol. The van der Waals surface area contributed by atoms with Gasteiger partial charge in [0.05, 0.1) is 17.9 Å². The minimum absolute atomic E-state index is 0.146. The van der Waals surface area contributed by atoms with Crippen molar-refractivity contribution >= 4 is 17.9 Å². The topological polar surface area (TPSA) is 64.5 Å². The molecule has 4 heteroatoms. The van der Waals surface area contributed by atoms with Gasteiger partial charge < -0.3 is 9.90 Å². The van der Waals surface area contributed by atoms with Crippen LogP contribution in [0.15, 0.2) is 53.6 Å². The minimum atomic E-state index is -1.19. The van der Waals surface area contributed by atoms with E-state index in [9.17, 15) is 9.90 Å². The Morgan fingerprint density at radius 1 is 1.11 bits per heavy atom. The molecule has 1 N–H and O–H groups in total. The summed E-state index contributed by atoms with van der Waals surface area (Å²) in [6.45, 7) is 2.03. The molecule has 0 fully saturated rings. The Kier molecular flexibility index (Phi) is 3.93. The lowest BCUT2D eigenvalue weighted by Gasteiger charge is -2.04. The van der Waals surface area contributed by atoms with E-state index in [2.05, 4.69) is 10.5 Å². The third kappa shape index (κ3) is 3.67. The molecule has 96 valence electrons. The van der Waals surface area contributed by atoms with Crippen LogP contribution >= 0.6 is 0 Å². The Bertz CT molecular complexity index is 587. The van der Waals surface area contributed by atoms with Gasteiger partial charge in [-0.3, -0.25) is 5.43 Å². The molecule has 19 heavy (non-hydrogen) atoms. The second-order valence-electron chi connectivity index (χ2n) is 4.15. The molecule has 0 atom stereocenters. The highest BCUT2D eigenvalue weighted by molar-refractivity contribution is 5.86. The van der Waals surface area contributed by atoms with Crippen LogP contribution in [-0.4, -0.2) is 12.2 Å². The van der Waals surface area contributed by atoms with Crippen LogP contribution in [0.2, 0.25) is 0 Å². The van der Waals surface area contributed by atoms with Crippen LogP contribution in [0.4, 0.5) is 5.69 Å². The summed E-state index contributed by atoms with van der Waals surface area (Å²) in [5, 5.41) is 14.7. The average Bonchev–Trinajstić information content (AvgIpc) is 2.41. The Balaban J connectivity index is 1.98. The van der Waals surface area contributed by atoms with Gasteiger partial charge in [0.2, 0.25) is 0 Å². The van der Waals surface area contributed by atoms with Gasteiger partial charge in [-0.1, -0.05) is 42.0 Å². The van der Waals surface area contributed by atoms with Crippen LogP contribution in [0.1, 0.15) is 21.5 Å². The second kappa shape index (κ2) is 5.82. The zero-order chi connectivity index (χ0) is 13.7. The Hall–Kier alpha value is -2.62. The van der Waals surface area contributed by atoms with Gasteiger partial charge >= 0.3 is 0 Å². The zero-order valence-electron chi connectivity index (χ0n) is 10.5. The number of aromatic carboxylic acids is 1. The van der Waals surface area contributed by atoms with Crippen LogP contribution in [-0.2, 0) is 0 Å². The van der Waals surface area contributed by atoms with Crippen molar-refractivity contribution in [3.63, 3.8) is 0 Å². The molecule has 4 nitrogen and oxygen atoms in total. The maximum Gasteiger partial charge on any atom is 0.0715 e. The minimum Gasteiger partial charge on any atom is -0.545 e. The van der Waals surface area contributed by atoms with Crippen molar-refractivity contribution in [2.75, 3.05) is 5.43 Å². The first-order valence-corrected chi connectivity index (χ1v) is 5.82. The van der Waals surface area contributed by atoms with Gasteiger partial charge in [0.15, 0.2) is 0 Å². The lowest BCUT2D eigenvalue weighted by molar-refractivity contribution is -0.255. The summed E-state index contributed by atoms with van der Waals surface area (Å²) in [7, 11) is 0. The van der Waals surface area contributed by atoms with Crippen molar-refractivity contribution in [3.8, 4) is 0 Å². The molecule has 2 rings (SSSR count). The van der Waals surface area contributed by atoms with E-state index in [-0.39, 0.29) is 5.56 Å². The number of hydrazone groups is 1. The van der Waals surface area contributed by atoms with E-state index in [1.54, 1.807) is 18.3 Å². The molecule has 0 saturated carbocycles. The number of rotatable bonds is 4. The van der Waals surface area contributed by atoms with E-state index in [0.29, 0.717) is 5.69 Å². The predicted molar refractivity (Wildman–Crippen MR) is 73.2 cm³/mol. The van der Waals surface area contributed by atoms with E-state index in [0.717, 1.165) is 5.56 Å². The molecule has 0 aliphatic heterocycles. The number of nitrogens with one attached hydrogen (secondary N) is 1. The second-order valence-corrected chi connectivity index (χ2v) is 4.15. The molecule has 2 aromatic rings. The van der Waals surface area contributed by atoms with Gasteiger partial charge in [-0.25, -0.2) is 0 Å². The van der Waals surface area contributed by atoms with Gasteiger partial charge in [0.1, 0.15) is 0 Å². The summed E-state index contributed by atoms with van der Waals surface area (Å²) >= 11 is 0. The van der Waals surface area contributed by atoms with E-state index >= 15 is 0 Å². The first-order valence-electron chi connectivity index (χ1n) is 5.82. The van der Waals surface area contributed by atoms with Crippen molar-refractivity contribution in [2.45, 2.75) is 6.92 Å². The summed E-state index contributed by atoms with van der Waals surface area (Å²) < 4.78 is 0. The van der Waals surface area contributed by atoms with E-state index in [4.69, 9.17) is 0 Å². The number of aryl methyl sites for hydroxylation is 1. The average molecular weight is 253 g/mol. The van der Waals surface area contributed by atoms with Gasteiger partial charge in [-0.2, -0.15) is 5.10 Å². The van der Waals surface area contributed by atoms with Gasteiger partial charge in [-0.05, 0) is 30.2 Å². The number of carbonyl (C=O) groups is 1. The lowest BCUT2D eigenvalue weighted by Crippen LogP contribution is -2.21. The summed E-state index contributed by atoms with van der Waals surface area (Å²) in [4.78, 5) is 10.6. The Labute approximate surface area is 111 Å². The van der Waals surface area contributed by atoms with Crippen molar-refractivity contribution in [3.05, 3.63) is 65.2 Å². The molecular weight excluding hydrogens is 240 g/mol. The van der Waals surface area contributed by atoms with Crippen LogP contribution in [0.25, 0.3) is 0 Å². The maximum absolute atomic E-state index is 10.6. The Morgan fingerprint density at radius 3 is 2.32 bits per heavy atom. The van der Waals surface area contributed by atoms with Gasteiger partial charge in [-0.15, -0.1) is 0 Å². The van der Waals surface area contributed by atoms with Crippen molar-refractivity contribution in [1.82, 2.24) is 0 Å². The van der Waals surface area contributed by atoms with Crippen molar-refractivity contribution < 1.29 is 9.90 Å². The molecule has 0 aliphatic rings. The van der Waals surface area contributed by atoms with Gasteiger partial charge in [0, 0.05) is 0 Å². The van der Waals surface area contributed by atoms with Crippen LogP contribution < -0.4 is 10.5 Å². The fraction of sp³-hybridized carbons (Fsp3) is 0.0667. The van der Waals surface area contributed by atoms with Crippen LogP contribution in [0.5, 0.6) is 0 Å². The van der Waals surface area contributed by atoms with E-state index in [1.165, 1.54) is 17.7 Å². The lowest BCUT2D eigenvalue weighted by atomic mass is 10.2. The summed E-state index contributed by atoms with van der Waals surface area (Å²) in [6, 6.07) is 14.2. The molecule has 2 aromatic carbocycles. The highest BCUT2D eigenvalue weighted by atomic mass is 16.4. The molecule has 0 spiro atoms. The normalized spacial score (nSPS) is 10.6. The number of benzene rings is 2. The zero-order valence-corrected chi connectivity index (χ0v) is 10.5. The van der Waals surface area contributed by atoms with E-state index in [1.807, 2.05) is 31.2 Å². The fourth-order valence-corrected chi connectivity index (χ4v) is 1.51. The number of carbonyl (C=O) groups excluding carboxylic acids is 1. The number of hydrogen-bond acceptors (Lipinski definition) is 4. The van der Waals surface area contributed by atoms with Gasteiger partial charge in [0.25, 0.3) is 0 Å². The van der Waals surface area contributed by atoms with Crippen molar-refractivity contribution in [1.29, 1.82) is 0 Å². The maximum atomic E-state index is 10.6. The number of hydrogen-bond donors (Lipinski definition) is 1. The largest absolute Gasteiger partial charge is 0.545 e. The molecule has 0 aromatic heterocycles. The molecule has 0 aliphatic carbocycles. The summed E-state index contributed by atoms with van der Waals surface area (Å²) in [5.74, 6) is -1.19. The van der Waals surface area contributed by atoms with E-state index < -0.39 is 5.97 Å². The molecule has 0 bridgehead atoms.